The van der Waals surface area contributed by atoms with Gasteiger partial charge in [0.25, 0.3) is 6.43 Å². The second-order valence-electron chi connectivity index (χ2n) is 4.87. The lowest BCUT2D eigenvalue weighted by atomic mass is 10.1. The maximum atomic E-state index is 12.1. The van der Waals surface area contributed by atoms with Crippen molar-refractivity contribution in [1.82, 2.24) is 15.1 Å². The first-order chi connectivity index (χ1) is 9.36. The number of alkyl halides is 2. The SMILES string of the molecule is CC(O)CC(C)CNC(=O)Nc1cnn(CC(F)F)c1. The molecule has 1 rings (SSSR count). The van der Waals surface area contributed by atoms with E-state index in [-0.39, 0.29) is 5.92 Å². The monoisotopic (exact) mass is 290 g/mol. The van der Waals surface area contributed by atoms with E-state index in [0.29, 0.717) is 18.7 Å². The Balaban J connectivity index is 2.33. The number of nitrogens with zero attached hydrogens (tertiary/aromatic N) is 2. The van der Waals surface area contributed by atoms with Crippen LogP contribution < -0.4 is 10.6 Å². The van der Waals surface area contributed by atoms with Gasteiger partial charge >= 0.3 is 6.03 Å². The van der Waals surface area contributed by atoms with E-state index in [2.05, 4.69) is 15.7 Å². The lowest BCUT2D eigenvalue weighted by molar-refractivity contribution is 0.122. The van der Waals surface area contributed by atoms with E-state index in [0.717, 1.165) is 4.68 Å². The summed E-state index contributed by atoms with van der Waals surface area (Å²) < 4.78 is 25.3. The van der Waals surface area contributed by atoms with Crippen molar-refractivity contribution in [3.8, 4) is 0 Å². The predicted molar refractivity (Wildman–Crippen MR) is 70.7 cm³/mol. The highest BCUT2D eigenvalue weighted by Crippen LogP contribution is 2.07. The second-order valence-corrected chi connectivity index (χ2v) is 4.87. The number of anilines is 1. The van der Waals surface area contributed by atoms with Gasteiger partial charge in [-0.2, -0.15) is 5.10 Å². The predicted octanol–water partition coefficient (Wildman–Crippen LogP) is 1.68. The summed E-state index contributed by atoms with van der Waals surface area (Å²) in [5.74, 6) is 0.141. The number of hydrogen-bond acceptors (Lipinski definition) is 3. The maximum absolute atomic E-state index is 12.1. The third kappa shape index (κ3) is 6.46. The molecule has 8 heteroatoms. The molecule has 2 amide bonds. The van der Waals surface area contributed by atoms with Crippen molar-refractivity contribution in [1.29, 1.82) is 0 Å². The number of carbonyl (C=O) groups excluding carboxylic acids is 1. The Kier molecular flexibility index (Phi) is 6.37. The number of urea groups is 1. The molecule has 1 heterocycles. The van der Waals surface area contributed by atoms with Gasteiger partial charge in [0.1, 0.15) is 6.54 Å². The molecule has 0 saturated carbocycles. The number of aliphatic hydroxyl groups is 1. The fourth-order valence-corrected chi connectivity index (χ4v) is 1.78. The van der Waals surface area contributed by atoms with Gasteiger partial charge in [0, 0.05) is 12.7 Å². The molecule has 0 spiro atoms. The van der Waals surface area contributed by atoms with E-state index in [9.17, 15) is 18.7 Å². The van der Waals surface area contributed by atoms with Gasteiger partial charge in [0.2, 0.25) is 0 Å². The number of nitrogens with one attached hydrogen (secondary N) is 2. The minimum Gasteiger partial charge on any atom is -0.393 e. The van der Waals surface area contributed by atoms with Crippen LogP contribution in [-0.4, -0.2) is 40.0 Å². The third-order valence-corrected chi connectivity index (χ3v) is 2.57. The van der Waals surface area contributed by atoms with Gasteiger partial charge < -0.3 is 15.7 Å². The van der Waals surface area contributed by atoms with Crippen molar-refractivity contribution in [3.05, 3.63) is 12.4 Å². The lowest BCUT2D eigenvalue weighted by Crippen LogP contribution is -2.33. The molecule has 2 unspecified atom stereocenters. The molecule has 3 N–H and O–H groups in total. The van der Waals surface area contributed by atoms with Crippen LogP contribution in [-0.2, 0) is 6.54 Å². The van der Waals surface area contributed by atoms with Crippen LogP contribution in [0.1, 0.15) is 20.3 Å². The highest BCUT2D eigenvalue weighted by Gasteiger charge is 2.10. The van der Waals surface area contributed by atoms with Crippen LogP contribution in [0.4, 0.5) is 19.3 Å². The molecule has 0 aromatic carbocycles. The van der Waals surface area contributed by atoms with E-state index in [1.807, 2.05) is 6.92 Å². The Morgan fingerprint density at radius 2 is 2.20 bits per heavy atom. The van der Waals surface area contributed by atoms with E-state index in [1.54, 1.807) is 6.92 Å². The third-order valence-electron chi connectivity index (χ3n) is 2.57. The minimum atomic E-state index is -2.49. The second kappa shape index (κ2) is 7.78. The van der Waals surface area contributed by atoms with Crippen LogP contribution in [0.2, 0.25) is 0 Å². The van der Waals surface area contributed by atoms with Crippen LogP contribution in [0.5, 0.6) is 0 Å². The fourth-order valence-electron chi connectivity index (χ4n) is 1.78. The van der Waals surface area contributed by atoms with E-state index in [1.165, 1.54) is 12.4 Å². The molecule has 0 bridgehead atoms. The molecule has 1 aromatic rings. The lowest BCUT2D eigenvalue weighted by Gasteiger charge is -2.14. The van der Waals surface area contributed by atoms with Crippen LogP contribution in [0.15, 0.2) is 12.4 Å². The van der Waals surface area contributed by atoms with Gasteiger partial charge in [-0.1, -0.05) is 6.92 Å². The van der Waals surface area contributed by atoms with Crippen molar-refractivity contribution in [2.75, 3.05) is 11.9 Å². The maximum Gasteiger partial charge on any atom is 0.319 e. The minimum absolute atomic E-state index is 0.141. The molecule has 0 fully saturated rings. The zero-order valence-corrected chi connectivity index (χ0v) is 11.5. The van der Waals surface area contributed by atoms with Crippen molar-refractivity contribution >= 4 is 11.7 Å². The van der Waals surface area contributed by atoms with Crippen LogP contribution >= 0.6 is 0 Å². The van der Waals surface area contributed by atoms with Crippen LogP contribution in [0.25, 0.3) is 0 Å². The first kappa shape index (κ1) is 16.4. The highest BCUT2D eigenvalue weighted by atomic mass is 19.3. The molecular formula is C12H20F2N4O2. The molecule has 0 saturated heterocycles. The summed E-state index contributed by atoms with van der Waals surface area (Å²) >= 11 is 0. The first-order valence-electron chi connectivity index (χ1n) is 6.40. The summed E-state index contributed by atoms with van der Waals surface area (Å²) in [6.07, 6.45) is 0.332. The molecule has 0 aliphatic heterocycles. The summed E-state index contributed by atoms with van der Waals surface area (Å²) in [6, 6.07) is -0.431. The zero-order valence-electron chi connectivity index (χ0n) is 11.5. The number of carbonyl (C=O) groups is 1. The summed E-state index contributed by atoms with van der Waals surface area (Å²) in [7, 11) is 0. The van der Waals surface area contributed by atoms with Gasteiger partial charge in [0.15, 0.2) is 0 Å². The summed E-state index contributed by atoms with van der Waals surface area (Å²) in [5, 5.41) is 18.0. The molecule has 0 aliphatic carbocycles. The molecular weight excluding hydrogens is 270 g/mol. The molecule has 114 valence electrons. The number of amides is 2. The molecule has 0 aliphatic rings. The smallest absolute Gasteiger partial charge is 0.319 e. The molecule has 1 aromatic heterocycles. The van der Waals surface area contributed by atoms with E-state index < -0.39 is 25.1 Å². The Morgan fingerprint density at radius 3 is 2.80 bits per heavy atom. The number of rotatable bonds is 7. The normalized spacial score (nSPS) is 14.1. The molecule has 0 radical (unpaired) electrons. The zero-order chi connectivity index (χ0) is 15.1. The van der Waals surface area contributed by atoms with Gasteiger partial charge in [-0.15, -0.1) is 0 Å². The number of hydrogen-bond donors (Lipinski definition) is 3. The highest BCUT2D eigenvalue weighted by molar-refractivity contribution is 5.88. The molecule has 20 heavy (non-hydrogen) atoms. The van der Waals surface area contributed by atoms with Crippen molar-refractivity contribution < 1.29 is 18.7 Å². The Morgan fingerprint density at radius 1 is 1.50 bits per heavy atom. The van der Waals surface area contributed by atoms with Crippen molar-refractivity contribution in [2.45, 2.75) is 39.3 Å². The van der Waals surface area contributed by atoms with E-state index >= 15 is 0 Å². The van der Waals surface area contributed by atoms with Gasteiger partial charge in [0.05, 0.1) is 18.0 Å². The quantitative estimate of drug-likeness (QED) is 0.715. The van der Waals surface area contributed by atoms with E-state index in [4.69, 9.17) is 0 Å². The summed E-state index contributed by atoms with van der Waals surface area (Å²) in [6.45, 7) is 3.51. The Labute approximate surface area is 116 Å². The Hall–Kier alpha value is -1.70. The average molecular weight is 290 g/mol. The van der Waals surface area contributed by atoms with Gasteiger partial charge in [-0.3, -0.25) is 4.68 Å². The molecule has 6 nitrogen and oxygen atoms in total. The van der Waals surface area contributed by atoms with Gasteiger partial charge in [-0.05, 0) is 19.3 Å². The largest absolute Gasteiger partial charge is 0.393 e. The van der Waals surface area contributed by atoms with Gasteiger partial charge in [-0.25, -0.2) is 13.6 Å². The summed E-state index contributed by atoms with van der Waals surface area (Å²) in [4.78, 5) is 11.6. The summed E-state index contributed by atoms with van der Waals surface area (Å²) in [5.41, 5.74) is 0.353. The average Bonchev–Trinajstić information content (AvgIpc) is 2.72. The molecule has 2 atom stereocenters. The fraction of sp³-hybridized carbons (Fsp3) is 0.667. The van der Waals surface area contributed by atoms with Crippen LogP contribution in [0, 0.1) is 5.92 Å². The standard InChI is InChI=1S/C12H20F2N4O2/c1-8(3-9(2)19)4-15-12(20)17-10-5-16-18(6-10)7-11(13)14/h5-6,8-9,11,19H,3-4,7H2,1-2H3,(H2,15,17,20). The number of aromatic nitrogens is 2. The topological polar surface area (TPSA) is 79.2 Å². The Bertz CT molecular complexity index is 423. The number of halogens is 2. The van der Waals surface area contributed by atoms with Crippen LogP contribution in [0.3, 0.4) is 0 Å². The number of aliphatic hydroxyl groups excluding tert-OH is 1. The van der Waals surface area contributed by atoms with Crippen molar-refractivity contribution in [2.24, 2.45) is 5.92 Å². The first-order valence-corrected chi connectivity index (χ1v) is 6.40. The van der Waals surface area contributed by atoms with Crippen molar-refractivity contribution in [3.63, 3.8) is 0 Å².